The highest BCUT2D eigenvalue weighted by molar-refractivity contribution is 8.00. The molecular formula is C37H50N4OS3. The maximum Gasteiger partial charge on any atom is 0.219 e. The molecule has 1 aromatic heterocycles. The van der Waals surface area contributed by atoms with Crippen LogP contribution in [0.15, 0.2) is 86.6 Å². The minimum absolute atomic E-state index is 0.216. The van der Waals surface area contributed by atoms with Crippen molar-refractivity contribution < 1.29 is 5.11 Å². The average molecular weight is 663 g/mol. The van der Waals surface area contributed by atoms with Gasteiger partial charge >= 0.3 is 0 Å². The number of hydrogen-bond acceptors (Lipinski definition) is 7. The third-order valence-corrected chi connectivity index (χ3v) is 10.9. The molecule has 0 radical (unpaired) electrons. The normalized spacial score (nSPS) is 11.3. The monoisotopic (exact) mass is 662 g/mol. The number of nitrogens with zero attached hydrogens (tertiary/aromatic N) is 4. The molecule has 0 saturated heterocycles. The Kier molecular flexibility index (Phi) is 16.3. The molecule has 0 spiro atoms. The van der Waals surface area contributed by atoms with Gasteiger partial charge in [0, 0.05) is 15.4 Å². The number of aromatic hydroxyl groups is 1. The first-order valence-corrected chi connectivity index (χ1v) is 19.2. The van der Waals surface area contributed by atoms with E-state index in [1.165, 1.54) is 114 Å². The summed E-state index contributed by atoms with van der Waals surface area (Å²) in [6.07, 6.45) is 22.0. The molecular weight excluding hydrogens is 613 g/mol. The molecule has 8 heteroatoms. The lowest BCUT2D eigenvalue weighted by molar-refractivity contribution is 0.460. The Morgan fingerprint density at radius 2 is 1.24 bits per heavy atom. The van der Waals surface area contributed by atoms with Crippen molar-refractivity contribution in [2.75, 3.05) is 5.75 Å². The van der Waals surface area contributed by atoms with Crippen molar-refractivity contribution in [3.05, 3.63) is 66.7 Å². The number of phenols is 1. The largest absolute Gasteiger partial charge is 0.507 e. The van der Waals surface area contributed by atoms with Crippen molar-refractivity contribution >= 4 is 36.2 Å². The molecule has 0 bridgehead atoms. The van der Waals surface area contributed by atoms with E-state index in [0.717, 1.165) is 32.4 Å². The topological polar surface area (TPSA) is 63.8 Å². The summed E-state index contributed by atoms with van der Waals surface area (Å²) in [7, 11) is 0. The summed E-state index contributed by atoms with van der Waals surface area (Å²) in [6.45, 7) is 2.29. The van der Waals surface area contributed by atoms with Gasteiger partial charge in [-0.15, -0.1) is 29.5 Å². The minimum atomic E-state index is 0.216. The molecule has 45 heavy (non-hydrogen) atoms. The molecule has 0 saturated carbocycles. The molecule has 5 nitrogen and oxygen atoms in total. The third kappa shape index (κ3) is 11.7. The van der Waals surface area contributed by atoms with Crippen LogP contribution in [0.25, 0.3) is 16.8 Å². The van der Waals surface area contributed by atoms with E-state index >= 15 is 0 Å². The quantitative estimate of drug-likeness (QED) is 0.0496. The summed E-state index contributed by atoms with van der Waals surface area (Å²) < 4.78 is 1.69. The predicted octanol–water partition coefficient (Wildman–Crippen LogP) is 11.8. The fourth-order valence-corrected chi connectivity index (χ4v) is 8.15. The molecule has 0 unspecified atom stereocenters. The predicted molar refractivity (Wildman–Crippen MR) is 194 cm³/mol. The standard InChI is InChI=1S/C37H50N4OS3/c1-2-3-4-5-6-7-8-9-10-11-12-13-14-15-16-23-28-44-33-29-32(42)36(34(35(33)43)30-24-19-17-20-25-30)45-37-38-39-40-41(37)31-26-21-18-22-27-31/h17-22,24-27,29,42-43H,2-16,23,28H2,1H3. The second-order valence-electron chi connectivity index (χ2n) is 11.8. The Labute approximate surface area is 284 Å². The average Bonchev–Trinajstić information content (AvgIpc) is 3.54. The molecule has 0 aliphatic heterocycles. The third-order valence-electron chi connectivity index (χ3n) is 8.15. The summed E-state index contributed by atoms with van der Waals surface area (Å²) in [5.41, 5.74) is 2.77. The SMILES string of the molecule is CCCCCCCCCCCCCCCCCCSc1cc(O)c(Sc2nnnn2-c2ccccc2)c(-c2ccccc2)c1S. The van der Waals surface area contributed by atoms with Gasteiger partial charge in [0.2, 0.25) is 5.16 Å². The van der Waals surface area contributed by atoms with Crippen molar-refractivity contribution in [2.24, 2.45) is 0 Å². The van der Waals surface area contributed by atoms with E-state index in [0.29, 0.717) is 10.1 Å². The summed E-state index contributed by atoms with van der Waals surface area (Å²) in [5, 5.41) is 24.3. The van der Waals surface area contributed by atoms with E-state index in [9.17, 15) is 5.11 Å². The van der Waals surface area contributed by atoms with E-state index in [4.69, 9.17) is 12.6 Å². The highest BCUT2D eigenvalue weighted by Gasteiger charge is 2.22. The van der Waals surface area contributed by atoms with Crippen LogP contribution in [0, 0.1) is 0 Å². The highest BCUT2D eigenvalue weighted by Crippen LogP contribution is 2.48. The number of phenolic OH excluding ortho intramolecular Hbond substituents is 1. The summed E-state index contributed by atoms with van der Waals surface area (Å²) >= 11 is 8.16. The smallest absolute Gasteiger partial charge is 0.219 e. The number of unbranched alkanes of at least 4 members (excludes halogenated alkanes) is 15. The maximum atomic E-state index is 11.3. The van der Waals surface area contributed by atoms with Gasteiger partial charge in [-0.3, -0.25) is 0 Å². The fraction of sp³-hybridized carbons (Fsp3) is 0.486. The Morgan fingerprint density at radius 3 is 1.82 bits per heavy atom. The van der Waals surface area contributed by atoms with Gasteiger partial charge in [0.15, 0.2) is 0 Å². The summed E-state index contributed by atoms with van der Waals surface area (Å²) in [4.78, 5) is 2.58. The first-order chi connectivity index (χ1) is 22.2. The first-order valence-electron chi connectivity index (χ1n) is 17.0. The molecule has 0 amide bonds. The second kappa shape index (κ2) is 20.7. The zero-order valence-corrected chi connectivity index (χ0v) is 29.4. The zero-order chi connectivity index (χ0) is 31.5. The Balaban J connectivity index is 1.23. The molecule has 4 aromatic rings. The van der Waals surface area contributed by atoms with Gasteiger partial charge in [-0.05, 0) is 58.1 Å². The lowest BCUT2D eigenvalue weighted by atomic mass is 10.0. The van der Waals surface area contributed by atoms with Crippen molar-refractivity contribution in [1.29, 1.82) is 0 Å². The van der Waals surface area contributed by atoms with Crippen molar-refractivity contribution in [3.63, 3.8) is 0 Å². The van der Waals surface area contributed by atoms with Crippen molar-refractivity contribution in [1.82, 2.24) is 20.2 Å². The molecule has 0 fully saturated rings. The van der Waals surface area contributed by atoms with Crippen LogP contribution in [0.1, 0.15) is 110 Å². The number of benzene rings is 3. The van der Waals surface area contributed by atoms with Gasteiger partial charge in [0.25, 0.3) is 0 Å². The molecule has 1 heterocycles. The van der Waals surface area contributed by atoms with Crippen LogP contribution in [-0.2, 0) is 0 Å². The van der Waals surface area contributed by atoms with Crippen LogP contribution in [0.5, 0.6) is 5.75 Å². The van der Waals surface area contributed by atoms with Crippen LogP contribution in [0.4, 0.5) is 0 Å². The second-order valence-corrected chi connectivity index (χ2v) is 14.3. The van der Waals surface area contributed by atoms with E-state index in [1.54, 1.807) is 16.4 Å². The van der Waals surface area contributed by atoms with Crippen LogP contribution in [0.3, 0.4) is 0 Å². The number of para-hydroxylation sites is 1. The van der Waals surface area contributed by atoms with Crippen LogP contribution < -0.4 is 0 Å². The summed E-state index contributed by atoms with van der Waals surface area (Å²) in [6, 6.07) is 21.8. The lowest BCUT2D eigenvalue weighted by Gasteiger charge is -2.17. The molecule has 3 aromatic carbocycles. The van der Waals surface area contributed by atoms with E-state index in [2.05, 4.69) is 34.6 Å². The van der Waals surface area contributed by atoms with Gasteiger partial charge in [0.1, 0.15) is 5.75 Å². The molecule has 0 aliphatic carbocycles. The molecule has 4 rings (SSSR count). The van der Waals surface area contributed by atoms with Gasteiger partial charge in [-0.25, -0.2) is 0 Å². The zero-order valence-electron chi connectivity index (χ0n) is 26.9. The Morgan fingerprint density at radius 1 is 0.711 bits per heavy atom. The maximum absolute atomic E-state index is 11.3. The van der Waals surface area contributed by atoms with Gasteiger partial charge in [-0.1, -0.05) is 152 Å². The van der Waals surface area contributed by atoms with E-state index < -0.39 is 0 Å². The number of aromatic nitrogens is 4. The van der Waals surface area contributed by atoms with E-state index in [-0.39, 0.29) is 5.75 Å². The molecule has 242 valence electrons. The van der Waals surface area contributed by atoms with Crippen LogP contribution in [0.2, 0.25) is 0 Å². The van der Waals surface area contributed by atoms with E-state index in [1.807, 2.05) is 54.6 Å². The summed E-state index contributed by atoms with van der Waals surface area (Å²) in [5.74, 6) is 1.23. The van der Waals surface area contributed by atoms with Crippen molar-refractivity contribution in [3.8, 4) is 22.6 Å². The van der Waals surface area contributed by atoms with Crippen molar-refractivity contribution in [2.45, 2.75) is 129 Å². The molecule has 0 atom stereocenters. The minimum Gasteiger partial charge on any atom is -0.507 e. The number of rotatable bonds is 22. The van der Waals surface area contributed by atoms with Gasteiger partial charge in [-0.2, -0.15) is 4.68 Å². The lowest BCUT2D eigenvalue weighted by Crippen LogP contribution is -1.99. The van der Waals surface area contributed by atoms with Crippen LogP contribution in [-0.4, -0.2) is 31.1 Å². The number of thioether (sulfide) groups is 1. The van der Waals surface area contributed by atoms with Crippen LogP contribution >= 0.6 is 36.2 Å². The fourth-order valence-electron chi connectivity index (χ4n) is 5.60. The molecule has 0 aliphatic rings. The Hall–Kier alpha value is -2.42. The van der Waals surface area contributed by atoms with Gasteiger partial charge in [0.05, 0.1) is 10.6 Å². The molecule has 1 N–H and O–H groups in total. The number of thiol groups is 1. The Bertz CT molecular complexity index is 1380. The van der Waals surface area contributed by atoms with Gasteiger partial charge < -0.3 is 5.11 Å². The number of tetrazole rings is 1. The number of hydrogen-bond donors (Lipinski definition) is 2. The first kappa shape index (κ1) is 35.4. The highest BCUT2D eigenvalue weighted by atomic mass is 32.2.